The maximum Gasteiger partial charge on any atom is 0.417 e. The second kappa shape index (κ2) is 8.92. The van der Waals surface area contributed by atoms with E-state index in [4.69, 9.17) is 16.3 Å². The van der Waals surface area contributed by atoms with E-state index < -0.39 is 29.2 Å². The Balaban J connectivity index is 2.34. The minimum absolute atomic E-state index is 0.0843. The second-order valence-corrected chi connectivity index (χ2v) is 8.02. The van der Waals surface area contributed by atoms with Crippen molar-refractivity contribution < 1.29 is 27.5 Å². The number of carbonyl (C=O) groups is 2. The monoisotopic (exact) mass is 439 g/mol. The summed E-state index contributed by atoms with van der Waals surface area (Å²) in [5.41, 5.74) is -1.23. The molecule has 0 saturated heterocycles. The molecule has 0 fully saturated rings. The molecule has 2 aromatic carbocycles. The zero-order chi connectivity index (χ0) is 22.7. The number of carbonyl (C=O) groups excluding carboxylic acids is 2. The number of benzene rings is 2. The molecule has 0 unspecified atom stereocenters. The number of anilines is 1. The van der Waals surface area contributed by atoms with Gasteiger partial charge in [0.05, 0.1) is 5.57 Å². The quantitative estimate of drug-likeness (QED) is 0.420. The van der Waals surface area contributed by atoms with Crippen molar-refractivity contribution >= 4 is 34.7 Å². The highest BCUT2D eigenvalue weighted by molar-refractivity contribution is 6.30. The van der Waals surface area contributed by atoms with Crippen molar-refractivity contribution in [2.75, 3.05) is 5.32 Å². The predicted molar refractivity (Wildman–Crippen MR) is 111 cm³/mol. The summed E-state index contributed by atoms with van der Waals surface area (Å²) in [5.74, 6) is -0.799. The lowest BCUT2D eigenvalue weighted by Gasteiger charge is -2.20. The molecule has 0 aromatic heterocycles. The normalized spacial score (nSPS) is 12.5. The smallest absolute Gasteiger partial charge is 0.417 e. The van der Waals surface area contributed by atoms with Crippen LogP contribution in [0.2, 0.25) is 5.02 Å². The molecule has 0 bridgehead atoms. The van der Waals surface area contributed by atoms with Gasteiger partial charge >= 0.3 is 12.3 Å². The number of allylic oxidation sites excluding steroid dienone is 2. The molecule has 2 aromatic rings. The first-order chi connectivity index (χ1) is 13.8. The number of rotatable bonds is 4. The van der Waals surface area contributed by atoms with Gasteiger partial charge in [-0.05, 0) is 81.3 Å². The molecule has 0 saturated carbocycles. The molecular formula is C22H21ClF3NO3. The summed E-state index contributed by atoms with van der Waals surface area (Å²) in [6.07, 6.45) is -4.92. The first-order valence-electron chi connectivity index (χ1n) is 8.96. The molecule has 0 atom stereocenters. The van der Waals surface area contributed by atoms with Crippen LogP contribution in [-0.4, -0.2) is 23.7 Å². The van der Waals surface area contributed by atoms with Gasteiger partial charge in [0.2, 0.25) is 0 Å². The summed E-state index contributed by atoms with van der Waals surface area (Å²) in [5, 5.41) is 2.87. The van der Waals surface area contributed by atoms with Crippen molar-refractivity contribution in [3.05, 3.63) is 70.3 Å². The van der Waals surface area contributed by atoms with Gasteiger partial charge in [-0.15, -0.1) is 0 Å². The van der Waals surface area contributed by atoms with Crippen LogP contribution in [0.5, 0.6) is 0 Å². The standard InChI is InChI=1S/C22H21ClF3NO3/c1-13-11-15(7-10-18(13)27-20(29)30-21(2,3)4)17(22(24,25)26)12-19(28)14-5-8-16(23)9-6-14/h5-12H,1-4H3,(H,27,29). The van der Waals surface area contributed by atoms with E-state index in [-0.39, 0.29) is 11.1 Å². The largest absolute Gasteiger partial charge is 0.444 e. The van der Waals surface area contributed by atoms with E-state index in [2.05, 4.69) is 5.32 Å². The SMILES string of the molecule is Cc1cc(C(=CC(=O)c2ccc(Cl)cc2)C(F)(F)F)ccc1NC(=O)OC(C)(C)C. The Labute approximate surface area is 177 Å². The van der Waals surface area contributed by atoms with Gasteiger partial charge in [-0.2, -0.15) is 13.2 Å². The van der Waals surface area contributed by atoms with Crippen LogP contribution in [-0.2, 0) is 4.74 Å². The number of hydrogen-bond donors (Lipinski definition) is 1. The highest BCUT2D eigenvalue weighted by Gasteiger charge is 2.35. The molecule has 4 nitrogen and oxygen atoms in total. The first-order valence-corrected chi connectivity index (χ1v) is 9.34. The van der Waals surface area contributed by atoms with Crippen LogP contribution in [0.25, 0.3) is 5.57 Å². The molecule has 0 aliphatic rings. The van der Waals surface area contributed by atoms with E-state index in [1.807, 2.05) is 0 Å². The number of ether oxygens (including phenoxy) is 1. The average molecular weight is 440 g/mol. The highest BCUT2D eigenvalue weighted by atomic mass is 35.5. The maximum absolute atomic E-state index is 13.6. The number of halogens is 4. The Morgan fingerprint density at radius 1 is 1.00 bits per heavy atom. The van der Waals surface area contributed by atoms with E-state index >= 15 is 0 Å². The Hall–Kier alpha value is -2.80. The third kappa shape index (κ3) is 6.62. The van der Waals surface area contributed by atoms with Crippen LogP contribution in [0.15, 0.2) is 48.5 Å². The average Bonchev–Trinajstić information content (AvgIpc) is 2.59. The molecular weight excluding hydrogens is 419 g/mol. The van der Waals surface area contributed by atoms with Gasteiger partial charge in [-0.3, -0.25) is 10.1 Å². The van der Waals surface area contributed by atoms with Gasteiger partial charge in [-0.1, -0.05) is 17.7 Å². The third-order valence-electron chi connectivity index (χ3n) is 3.88. The van der Waals surface area contributed by atoms with Crippen LogP contribution >= 0.6 is 11.6 Å². The Morgan fingerprint density at radius 3 is 2.07 bits per heavy atom. The molecule has 2 rings (SSSR count). The lowest BCUT2D eigenvalue weighted by molar-refractivity contribution is -0.0689. The third-order valence-corrected chi connectivity index (χ3v) is 4.13. The summed E-state index contributed by atoms with van der Waals surface area (Å²) in [6, 6.07) is 9.34. The Kier molecular flexibility index (Phi) is 6.98. The Morgan fingerprint density at radius 2 is 1.57 bits per heavy atom. The van der Waals surface area contributed by atoms with Crippen molar-refractivity contribution in [1.82, 2.24) is 0 Å². The van der Waals surface area contributed by atoms with E-state index in [9.17, 15) is 22.8 Å². The summed E-state index contributed by atoms with van der Waals surface area (Å²) >= 11 is 5.75. The van der Waals surface area contributed by atoms with Crippen LogP contribution in [0.4, 0.5) is 23.7 Å². The molecule has 30 heavy (non-hydrogen) atoms. The molecule has 1 N–H and O–H groups in total. The van der Waals surface area contributed by atoms with Crippen molar-refractivity contribution in [3.8, 4) is 0 Å². The molecule has 1 amide bonds. The summed E-state index contributed by atoms with van der Waals surface area (Å²) < 4.78 is 46.1. The number of ketones is 1. The van der Waals surface area contributed by atoms with Crippen molar-refractivity contribution in [2.45, 2.75) is 39.5 Å². The van der Waals surface area contributed by atoms with Crippen LogP contribution in [0.3, 0.4) is 0 Å². The van der Waals surface area contributed by atoms with Crippen LogP contribution in [0.1, 0.15) is 42.3 Å². The van der Waals surface area contributed by atoms with E-state index in [0.29, 0.717) is 22.3 Å². The van der Waals surface area contributed by atoms with Gasteiger partial charge in [-0.25, -0.2) is 4.79 Å². The van der Waals surface area contributed by atoms with E-state index in [0.717, 1.165) is 0 Å². The molecule has 0 aliphatic carbocycles. The van der Waals surface area contributed by atoms with Crippen molar-refractivity contribution in [1.29, 1.82) is 0 Å². The van der Waals surface area contributed by atoms with Gasteiger partial charge in [0.25, 0.3) is 0 Å². The minimum Gasteiger partial charge on any atom is -0.444 e. The summed E-state index contributed by atoms with van der Waals surface area (Å²) in [4.78, 5) is 24.2. The fraction of sp³-hybridized carbons (Fsp3) is 0.273. The number of amides is 1. The number of aryl methyl sites for hydroxylation is 1. The van der Waals surface area contributed by atoms with Crippen molar-refractivity contribution in [2.24, 2.45) is 0 Å². The van der Waals surface area contributed by atoms with Crippen LogP contribution in [0, 0.1) is 6.92 Å². The molecule has 160 valence electrons. The molecule has 8 heteroatoms. The fourth-order valence-corrected chi connectivity index (χ4v) is 2.67. The number of hydrogen-bond acceptors (Lipinski definition) is 3. The zero-order valence-electron chi connectivity index (χ0n) is 16.9. The lowest BCUT2D eigenvalue weighted by atomic mass is 9.99. The summed E-state index contributed by atoms with van der Waals surface area (Å²) in [7, 11) is 0. The Bertz CT molecular complexity index is 975. The number of nitrogens with one attached hydrogen (secondary N) is 1. The number of alkyl halides is 3. The van der Waals surface area contributed by atoms with Gasteiger partial charge in [0.15, 0.2) is 5.78 Å². The summed E-state index contributed by atoms with van der Waals surface area (Å²) in [6.45, 7) is 6.63. The topological polar surface area (TPSA) is 55.4 Å². The fourth-order valence-electron chi connectivity index (χ4n) is 2.54. The van der Waals surface area contributed by atoms with Gasteiger partial charge in [0, 0.05) is 16.3 Å². The van der Waals surface area contributed by atoms with Gasteiger partial charge in [0.1, 0.15) is 5.60 Å². The highest BCUT2D eigenvalue weighted by Crippen LogP contribution is 2.35. The predicted octanol–water partition coefficient (Wildman–Crippen LogP) is 6.82. The lowest BCUT2D eigenvalue weighted by Crippen LogP contribution is -2.27. The van der Waals surface area contributed by atoms with E-state index in [1.54, 1.807) is 27.7 Å². The van der Waals surface area contributed by atoms with Crippen LogP contribution < -0.4 is 5.32 Å². The first kappa shape index (κ1) is 23.5. The van der Waals surface area contributed by atoms with E-state index in [1.165, 1.54) is 42.5 Å². The second-order valence-electron chi connectivity index (χ2n) is 7.58. The molecule has 0 spiro atoms. The minimum atomic E-state index is -4.76. The molecule has 0 aliphatic heterocycles. The van der Waals surface area contributed by atoms with Gasteiger partial charge < -0.3 is 4.74 Å². The maximum atomic E-state index is 13.6. The molecule has 0 heterocycles. The zero-order valence-corrected chi connectivity index (χ0v) is 17.6. The van der Waals surface area contributed by atoms with Crippen molar-refractivity contribution in [3.63, 3.8) is 0 Å². The molecule has 0 radical (unpaired) electrons.